The first-order valence-corrected chi connectivity index (χ1v) is 5.06. The standard InChI is InChI=1S/C10H10N4O2/c1-6-2-15-10(16-6)9(5-12)3-8(9,4-11)7(13)14-10/h6H,2-3H2,1H3,(H2,13,14)/t6-,8+,9+,10+/m1/s1. The van der Waals surface area contributed by atoms with Gasteiger partial charge in [-0.1, -0.05) is 0 Å². The molecule has 0 unspecified atom stereocenters. The van der Waals surface area contributed by atoms with Crippen LogP contribution in [0.3, 0.4) is 0 Å². The summed E-state index contributed by atoms with van der Waals surface area (Å²) in [5.41, 5.74) is 3.68. The van der Waals surface area contributed by atoms with E-state index in [1.165, 1.54) is 0 Å². The van der Waals surface area contributed by atoms with Crippen LogP contribution in [-0.2, 0) is 9.47 Å². The molecule has 0 radical (unpaired) electrons. The predicted molar refractivity (Wildman–Crippen MR) is 51.6 cm³/mol. The molecule has 3 rings (SSSR count). The Morgan fingerprint density at radius 3 is 2.69 bits per heavy atom. The maximum Gasteiger partial charge on any atom is 0.293 e. The van der Waals surface area contributed by atoms with E-state index in [4.69, 9.17) is 15.2 Å². The quantitative estimate of drug-likeness (QED) is 0.609. The summed E-state index contributed by atoms with van der Waals surface area (Å²) in [5.74, 6) is -1.19. The van der Waals surface area contributed by atoms with Crippen LogP contribution >= 0.6 is 0 Å². The van der Waals surface area contributed by atoms with E-state index in [1.807, 2.05) is 6.92 Å². The van der Waals surface area contributed by atoms with Gasteiger partial charge in [0.15, 0.2) is 5.41 Å². The van der Waals surface area contributed by atoms with E-state index in [0.29, 0.717) is 13.0 Å². The molecule has 0 amide bonds. The number of amidine groups is 1. The third kappa shape index (κ3) is 0.683. The molecule has 2 heterocycles. The lowest BCUT2D eigenvalue weighted by molar-refractivity contribution is -0.191. The first-order chi connectivity index (χ1) is 7.56. The molecule has 2 N–H and O–H groups in total. The van der Waals surface area contributed by atoms with Crippen molar-refractivity contribution < 1.29 is 9.47 Å². The largest absolute Gasteiger partial charge is 0.386 e. The van der Waals surface area contributed by atoms with Crippen LogP contribution in [0.2, 0.25) is 0 Å². The molecule has 0 aromatic carbocycles. The summed E-state index contributed by atoms with van der Waals surface area (Å²) in [4.78, 5) is 4.09. The summed E-state index contributed by atoms with van der Waals surface area (Å²) < 4.78 is 11.1. The zero-order chi connectivity index (χ0) is 11.6. The maximum absolute atomic E-state index is 9.30. The molecule has 1 saturated carbocycles. The van der Waals surface area contributed by atoms with Gasteiger partial charge in [-0.3, -0.25) is 0 Å². The molecule has 2 aliphatic heterocycles. The Labute approximate surface area is 92.3 Å². The van der Waals surface area contributed by atoms with Crippen LogP contribution in [0.4, 0.5) is 0 Å². The fourth-order valence-corrected chi connectivity index (χ4v) is 2.64. The molecule has 2 fully saturated rings. The Morgan fingerprint density at radius 1 is 1.50 bits per heavy atom. The number of ether oxygens (including phenoxy) is 2. The van der Waals surface area contributed by atoms with Gasteiger partial charge < -0.3 is 15.2 Å². The van der Waals surface area contributed by atoms with E-state index in [9.17, 15) is 10.5 Å². The minimum Gasteiger partial charge on any atom is -0.386 e. The second-order valence-corrected chi connectivity index (χ2v) is 4.53. The third-order valence-electron chi connectivity index (χ3n) is 3.63. The van der Waals surface area contributed by atoms with Crippen LogP contribution in [0.1, 0.15) is 13.3 Å². The van der Waals surface area contributed by atoms with Crippen LogP contribution in [0.5, 0.6) is 0 Å². The van der Waals surface area contributed by atoms with Crippen LogP contribution < -0.4 is 5.73 Å². The van der Waals surface area contributed by atoms with Crippen LogP contribution in [0.15, 0.2) is 4.99 Å². The normalized spacial score (nSPS) is 52.9. The zero-order valence-corrected chi connectivity index (χ0v) is 8.73. The topological polar surface area (TPSA) is 104 Å². The Kier molecular flexibility index (Phi) is 1.42. The minimum absolute atomic E-state index is 0.142. The van der Waals surface area contributed by atoms with Crippen molar-refractivity contribution in [3.63, 3.8) is 0 Å². The molecule has 4 atom stereocenters. The van der Waals surface area contributed by atoms with Crippen LogP contribution in [-0.4, -0.2) is 24.5 Å². The molecular formula is C10H10N4O2. The van der Waals surface area contributed by atoms with E-state index in [-0.39, 0.29) is 11.9 Å². The highest BCUT2D eigenvalue weighted by Crippen LogP contribution is 2.74. The number of hydrogen-bond acceptors (Lipinski definition) is 6. The molecule has 82 valence electrons. The number of rotatable bonds is 0. The van der Waals surface area contributed by atoms with Crippen molar-refractivity contribution in [2.45, 2.75) is 25.4 Å². The number of nitriles is 2. The average molecular weight is 218 g/mol. The monoisotopic (exact) mass is 218 g/mol. The highest BCUT2D eigenvalue weighted by atomic mass is 16.8. The van der Waals surface area contributed by atoms with Gasteiger partial charge in [0.25, 0.3) is 5.91 Å². The van der Waals surface area contributed by atoms with Crippen molar-refractivity contribution in [2.75, 3.05) is 6.61 Å². The van der Waals surface area contributed by atoms with E-state index in [2.05, 4.69) is 17.1 Å². The first kappa shape index (κ1) is 9.59. The fourth-order valence-electron chi connectivity index (χ4n) is 2.64. The summed E-state index contributed by atoms with van der Waals surface area (Å²) in [6, 6.07) is 4.21. The van der Waals surface area contributed by atoms with Gasteiger partial charge in [0.1, 0.15) is 11.3 Å². The number of nitrogens with zero attached hydrogens (tertiary/aromatic N) is 3. The number of fused-ring (bicyclic) bond motifs is 2. The minimum atomic E-state index is -1.35. The van der Waals surface area contributed by atoms with Gasteiger partial charge in [0.2, 0.25) is 0 Å². The van der Waals surface area contributed by atoms with E-state index < -0.39 is 16.7 Å². The van der Waals surface area contributed by atoms with Crippen LogP contribution in [0, 0.1) is 33.5 Å². The molecule has 1 saturated heterocycles. The lowest BCUT2D eigenvalue weighted by Crippen LogP contribution is -2.38. The van der Waals surface area contributed by atoms with Crippen molar-refractivity contribution in [1.82, 2.24) is 0 Å². The number of hydrogen-bond donors (Lipinski definition) is 1. The first-order valence-electron chi connectivity index (χ1n) is 5.06. The molecule has 3 aliphatic rings. The van der Waals surface area contributed by atoms with Crippen molar-refractivity contribution in [3.8, 4) is 12.1 Å². The summed E-state index contributed by atoms with van der Waals surface area (Å²) in [5, 5.41) is 18.5. The van der Waals surface area contributed by atoms with Gasteiger partial charge >= 0.3 is 0 Å². The Balaban J connectivity index is 2.13. The zero-order valence-electron chi connectivity index (χ0n) is 8.73. The van der Waals surface area contributed by atoms with Crippen molar-refractivity contribution in [3.05, 3.63) is 0 Å². The van der Waals surface area contributed by atoms with Crippen molar-refractivity contribution in [1.29, 1.82) is 10.5 Å². The second-order valence-electron chi connectivity index (χ2n) is 4.53. The number of aliphatic imine (C=N–C) groups is 1. The molecule has 6 heteroatoms. The molecule has 1 spiro atoms. The lowest BCUT2D eigenvalue weighted by atomic mass is 9.94. The Hall–Kier alpha value is -1.63. The van der Waals surface area contributed by atoms with Gasteiger partial charge in [0, 0.05) is 6.42 Å². The SMILES string of the molecule is C[C@@H]1CO[C@]2(N=C(N)[C@@]3(C#N)C[C@@]23C#N)O1. The predicted octanol–water partition coefficient (Wildman–Crippen LogP) is -0.130. The van der Waals surface area contributed by atoms with Crippen LogP contribution in [0.25, 0.3) is 0 Å². The smallest absolute Gasteiger partial charge is 0.293 e. The van der Waals surface area contributed by atoms with Gasteiger partial charge in [-0.05, 0) is 6.92 Å². The maximum atomic E-state index is 9.30. The summed E-state index contributed by atoms with van der Waals surface area (Å²) >= 11 is 0. The Morgan fingerprint density at radius 2 is 2.25 bits per heavy atom. The summed E-state index contributed by atoms with van der Waals surface area (Å²) in [6.45, 7) is 2.20. The molecular weight excluding hydrogens is 208 g/mol. The highest BCUT2D eigenvalue weighted by Gasteiger charge is 2.87. The average Bonchev–Trinajstić information content (AvgIpc) is 2.78. The molecule has 1 aliphatic carbocycles. The summed E-state index contributed by atoms with van der Waals surface area (Å²) in [7, 11) is 0. The molecule has 0 bridgehead atoms. The number of nitrogens with two attached hydrogens (primary N) is 1. The molecule has 0 aromatic rings. The molecule has 16 heavy (non-hydrogen) atoms. The Bertz CT molecular complexity index is 490. The van der Waals surface area contributed by atoms with Gasteiger partial charge in [-0.2, -0.15) is 10.5 Å². The van der Waals surface area contributed by atoms with Gasteiger partial charge in [0.05, 0.1) is 24.8 Å². The fraction of sp³-hybridized carbons (Fsp3) is 0.700. The second kappa shape index (κ2) is 2.37. The molecule has 6 nitrogen and oxygen atoms in total. The highest BCUT2D eigenvalue weighted by molar-refractivity contribution is 5.97. The van der Waals surface area contributed by atoms with Crippen molar-refractivity contribution in [2.24, 2.45) is 21.6 Å². The van der Waals surface area contributed by atoms with Gasteiger partial charge in [-0.15, -0.1) is 0 Å². The van der Waals surface area contributed by atoms with E-state index >= 15 is 0 Å². The lowest BCUT2D eigenvalue weighted by Gasteiger charge is -2.24. The molecule has 0 aromatic heterocycles. The van der Waals surface area contributed by atoms with Crippen molar-refractivity contribution >= 4 is 5.84 Å². The third-order valence-corrected chi connectivity index (χ3v) is 3.63. The van der Waals surface area contributed by atoms with E-state index in [0.717, 1.165) is 0 Å². The van der Waals surface area contributed by atoms with Gasteiger partial charge in [-0.25, -0.2) is 4.99 Å². The van der Waals surface area contributed by atoms with E-state index in [1.54, 1.807) is 0 Å². The summed E-state index contributed by atoms with van der Waals surface area (Å²) in [6.07, 6.45) is 0.201.